The van der Waals surface area contributed by atoms with E-state index in [-0.39, 0.29) is 46.0 Å². The van der Waals surface area contributed by atoms with Gasteiger partial charge in [0.2, 0.25) is 6.29 Å². The van der Waals surface area contributed by atoms with Crippen LogP contribution in [0.1, 0.15) is 120 Å². The van der Waals surface area contributed by atoms with Gasteiger partial charge in [-0.15, -0.1) is 0 Å². The number of hydrogen-bond donors (Lipinski definition) is 15. The molecule has 0 radical (unpaired) electrons. The summed E-state index contributed by atoms with van der Waals surface area (Å²) in [6, 6.07) is 0. The molecule has 0 aromatic carbocycles. The Bertz CT molecular complexity index is 2360. The molecule has 9 fully saturated rings. The molecule has 488 valence electrons. The zero-order chi connectivity index (χ0) is 62.0. The van der Waals surface area contributed by atoms with Gasteiger partial charge in [-0.2, -0.15) is 0 Å². The summed E-state index contributed by atoms with van der Waals surface area (Å²) in [7, 11) is 0. The smallest absolute Gasteiger partial charge is 0.315 e. The third-order valence-electron chi connectivity index (χ3n) is 23.1. The highest BCUT2D eigenvalue weighted by Gasteiger charge is 2.70. The van der Waals surface area contributed by atoms with E-state index >= 15 is 4.79 Å². The Morgan fingerprint density at radius 3 is 1.74 bits per heavy atom. The van der Waals surface area contributed by atoms with E-state index in [1.165, 1.54) is 12.5 Å². The van der Waals surface area contributed by atoms with Crippen molar-refractivity contribution in [2.75, 3.05) is 26.4 Å². The van der Waals surface area contributed by atoms with Gasteiger partial charge in [-0.3, -0.25) is 4.79 Å². The molecule has 32 atom stereocenters. The van der Waals surface area contributed by atoms with Crippen molar-refractivity contribution in [3.8, 4) is 0 Å². The third-order valence-corrected chi connectivity index (χ3v) is 23.1. The van der Waals surface area contributed by atoms with Crippen molar-refractivity contribution in [2.45, 2.75) is 273 Å². The molecule has 10 rings (SSSR count). The van der Waals surface area contributed by atoms with Gasteiger partial charge in [-0.25, -0.2) is 0 Å². The molecule has 5 aliphatic carbocycles. The van der Waals surface area contributed by atoms with Crippen LogP contribution in [-0.2, 0) is 52.2 Å². The second-order valence-corrected chi connectivity index (χ2v) is 28.7. The van der Waals surface area contributed by atoms with E-state index in [1.54, 1.807) is 0 Å². The van der Waals surface area contributed by atoms with Crippen molar-refractivity contribution < 1.29 is 129 Å². The van der Waals surface area contributed by atoms with E-state index in [0.717, 1.165) is 25.7 Å². The SMILES string of the molecule is C[C@@H]1O[C@@H](O[C@H]2[C@H](O[C@H]3CC[C@]4(C)[C@H]5CC=C6[C@@H]7CC(C)(C)CC[C@]7(C(=O)O[C@@H]7O[C@H](CO[C@H]8O[C@H](CO)[C@@H](O)[C@H](O)[C@H]8O)[C@@H](O)[C@H](O)[C@H]7O)CC[C@@]6(C)[C@]5(C)CC[C@H]4C3(C)C)OC[C@@H](O[C@@H]3O[C@H](CO)[C@@H](O)[C@H](O)[C@H]3O)[C@H]2O)[C@H](O)[C@H](O)[C@H]1O. The monoisotopic (exact) mass is 1220 g/mol. The van der Waals surface area contributed by atoms with Crippen LogP contribution in [-0.4, -0.2) is 263 Å². The van der Waals surface area contributed by atoms with E-state index in [0.29, 0.717) is 38.5 Å². The first-order valence-electron chi connectivity index (χ1n) is 30.6. The number of carbonyl (C=O) groups is 1. The molecule has 26 nitrogen and oxygen atoms in total. The number of aliphatic hydroxyl groups is 15. The number of ether oxygens (including phenoxy) is 10. The predicted molar refractivity (Wildman–Crippen MR) is 288 cm³/mol. The van der Waals surface area contributed by atoms with Gasteiger partial charge in [-0.05, 0) is 116 Å². The molecule has 0 aromatic heterocycles. The maximum Gasteiger partial charge on any atom is 0.315 e. The molecule has 0 spiro atoms. The minimum absolute atomic E-state index is 0.0972. The average molecular weight is 1220 g/mol. The molecule has 0 amide bonds. The van der Waals surface area contributed by atoms with E-state index in [4.69, 9.17) is 47.4 Å². The van der Waals surface area contributed by atoms with Crippen LogP contribution in [0.3, 0.4) is 0 Å². The van der Waals surface area contributed by atoms with Gasteiger partial charge in [0.15, 0.2) is 25.2 Å². The van der Waals surface area contributed by atoms with E-state index in [9.17, 15) is 76.6 Å². The maximum atomic E-state index is 15.2. The van der Waals surface area contributed by atoms with Crippen LogP contribution in [0.4, 0.5) is 0 Å². The number of aliphatic hydroxyl groups excluding tert-OH is 15. The normalized spacial score (nSPS) is 54.1. The summed E-state index contributed by atoms with van der Waals surface area (Å²) in [5.41, 5.74) is -1.35. The van der Waals surface area contributed by atoms with Crippen molar-refractivity contribution in [3.05, 3.63) is 11.6 Å². The van der Waals surface area contributed by atoms with Crippen LogP contribution in [0.5, 0.6) is 0 Å². The molecular formula is C59H96O26. The fourth-order valence-electron chi connectivity index (χ4n) is 17.5. The Balaban J connectivity index is 0.861. The number of fused-ring (bicyclic) bond motifs is 7. The fourth-order valence-corrected chi connectivity index (χ4v) is 17.5. The largest absolute Gasteiger partial charge is 0.432 e. The van der Waals surface area contributed by atoms with Gasteiger partial charge in [0.1, 0.15) is 110 Å². The molecule has 4 saturated carbocycles. The lowest BCUT2D eigenvalue weighted by atomic mass is 9.33. The van der Waals surface area contributed by atoms with Crippen LogP contribution in [0.25, 0.3) is 0 Å². The number of rotatable bonds is 13. The summed E-state index contributed by atoms with van der Waals surface area (Å²) in [4.78, 5) is 15.2. The maximum absolute atomic E-state index is 15.2. The van der Waals surface area contributed by atoms with Gasteiger partial charge in [-0.1, -0.05) is 60.1 Å². The Kier molecular flexibility index (Phi) is 19.0. The lowest BCUT2D eigenvalue weighted by molar-refractivity contribution is -0.380. The quantitative estimate of drug-likeness (QED) is 0.0513. The topological polar surface area (TPSA) is 413 Å². The third kappa shape index (κ3) is 11.2. The van der Waals surface area contributed by atoms with Crippen LogP contribution in [0, 0.1) is 50.2 Å². The first-order chi connectivity index (χ1) is 39.8. The molecule has 5 heterocycles. The molecule has 5 saturated heterocycles. The Hall–Kier alpha value is -1.75. The second kappa shape index (κ2) is 24.4. The van der Waals surface area contributed by atoms with Gasteiger partial charge in [0, 0.05) is 0 Å². The predicted octanol–water partition coefficient (Wildman–Crippen LogP) is -2.54. The van der Waals surface area contributed by atoms with Crippen LogP contribution in [0.15, 0.2) is 11.6 Å². The number of esters is 1. The summed E-state index contributed by atoms with van der Waals surface area (Å²) in [5, 5.41) is 160. The van der Waals surface area contributed by atoms with Gasteiger partial charge < -0.3 is 124 Å². The van der Waals surface area contributed by atoms with E-state index in [1.807, 2.05) is 0 Å². The summed E-state index contributed by atoms with van der Waals surface area (Å²) in [5.74, 6) is -0.567. The average Bonchev–Trinajstić information content (AvgIpc) is 0.694. The molecule has 0 unspecified atom stereocenters. The minimum Gasteiger partial charge on any atom is -0.432 e. The molecule has 5 aliphatic heterocycles. The molecule has 15 N–H and O–H groups in total. The molecule has 0 aromatic rings. The molecular weight excluding hydrogens is 1120 g/mol. The zero-order valence-corrected chi connectivity index (χ0v) is 49.8. The van der Waals surface area contributed by atoms with Gasteiger partial charge in [0.25, 0.3) is 0 Å². The second-order valence-electron chi connectivity index (χ2n) is 28.7. The minimum atomic E-state index is -1.85. The highest BCUT2D eigenvalue weighted by atomic mass is 16.8. The summed E-state index contributed by atoms with van der Waals surface area (Å²) in [6.07, 6.45) is -29.5. The lowest BCUT2D eigenvalue weighted by Gasteiger charge is -2.71. The van der Waals surface area contributed by atoms with E-state index < -0.39 is 190 Å². The summed E-state index contributed by atoms with van der Waals surface area (Å²) < 4.78 is 60.2. The lowest BCUT2D eigenvalue weighted by Crippen LogP contribution is -2.66. The first kappa shape index (κ1) is 66.2. The van der Waals surface area contributed by atoms with Crippen molar-refractivity contribution in [1.29, 1.82) is 0 Å². The number of allylic oxidation sites excluding steroid dienone is 2. The molecule has 85 heavy (non-hydrogen) atoms. The van der Waals surface area contributed by atoms with Gasteiger partial charge >= 0.3 is 5.97 Å². The number of hydrogen-bond acceptors (Lipinski definition) is 26. The van der Waals surface area contributed by atoms with Crippen LogP contribution < -0.4 is 0 Å². The number of carbonyl (C=O) groups excluding carboxylic acids is 1. The van der Waals surface area contributed by atoms with E-state index in [2.05, 4.69) is 54.5 Å². The van der Waals surface area contributed by atoms with Crippen molar-refractivity contribution in [1.82, 2.24) is 0 Å². The van der Waals surface area contributed by atoms with Crippen molar-refractivity contribution in [3.63, 3.8) is 0 Å². The Labute approximate surface area is 494 Å². The fraction of sp³-hybridized carbons (Fsp3) is 0.949. The zero-order valence-electron chi connectivity index (χ0n) is 49.8. The first-order valence-corrected chi connectivity index (χ1v) is 30.6. The van der Waals surface area contributed by atoms with Crippen LogP contribution >= 0.6 is 0 Å². The van der Waals surface area contributed by atoms with Gasteiger partial charge in [0.05, 0.1) is 44.1 Å². The molecule has 26 heteroatoms. The summed E-state index contributed by atoms with van der Waals surface area (Å²) >= 11 is 0. The molecule has 0 bridgehead atoms. The Morgan fingerprint density at radius 1 is 0.553 bits per heavy atom. The Morgan fingerprint density at radius 2 is 1.11 bits per heavy atom. The molecule has 10 aliphatic rings. The highest BCUT2D eigenvalue weighted by Crippen LogP contribution is 2.76. The van der Waals surface area contributed by atoms with Crippen molar-refractivity contribution in [2.24, 2.45) is 50.2 Å². The highest BCUT2D eigenvalue weighted by molar-refractivity contribution is 5.79. The van der Waals surface area contributed by atoms with Crippen LogP contribution in [0.2, 0.25) is 0 Å². The standard InChI is InChI=1S/C59H96O26/c1-24-34(62)39(67)44(72)49(78-24)84-47-38(66)30(82-50-45(73)41(69)36(64)28(21-61)80-50)23-77-52(47)83-33-12-13-56(6)31(55(33,4)5)11-14-58(8)32(56)10-9-25-26-19-54(2,3)15-17-59(26,18-16-57(25,58)7)53(75)85-51-46(74)42(70)37(65)29(81-51)22-76-48-43(71)40(68)35(63)27(20-60)79-48/h9,24,26-52,60-74H,10-23H2,1-8H3/t24-,26-,27+,28+,29+,30+,31-,32+,33-,34-,35+,36+,37+,38+,39+,40-,41-,42-,43+,44+,45+,46+,47+,48-,49-,50-,51-,52-,56-,57+,58+,59-/m0/s1. The van der Waals surface area contributed by atoms with Crippen molar-refractivity contribution >= 4 is 5.97 Å². The summed E-state index contributed by atoms with van der Waals surface area (Å²) in [6.45, 7) is 15.0.